The van der Waals surface area contributed by atoms with Crippen LogP contribution in [-0.2, 0) is 0 Å². The van der Waals surface area contributed by atoms with Gasteiger partial charge in [0.1, 0.15) is 5.82 Å². The van der Waals surface area contributed by atoms with Crippen LogP contribution in [0.3, 0.4) is 0 Å². The lowest BCUT2D eigenvalue weighted by Crippen LogP contribution is -2.12. The molecule has 0 aliphatic heterocycles. The summed E-state index contributed by atoms with van der Waals surface area (Å²) in [4.78, 5) is 1.03. The minimum absolute atomic E-state index is 0.166. The fourth-order valence-electron chi connectivity index (χ4n) is 2.42. The summed E-state index contributed by atoms with van der Waals surface area (Å²) < 4.78 is 13.8. The summed E-state index contributed by atoms with van der Waals surface area (Å²) >= 11 is 1.81. The lowest BCUT2D eigenvalue weighted by atomic mass is 10.0. The predicted octanol–water partition coefficient (Wildman–Crippen LogP) is 4.27. The molecular formula is C14H20FNS. The maximum absolute atomic E-state index is 13.8. The number of thioether (sulfide) groups is 1. The summed E-state index contributed by atoms with van der Waals surface area (Å²) in [5.41, 5.74) is 6.55. The molecule has 1 saturated carbocycles. The molecule has 0 amide bonds. The standard InChI is InChI=1S/C14H20FNS/c1-10(16)14-12(15)8-5-9-13(14)17-11-6-3-2-4-7-11/h5,8-11H,2-4,6-7,16H2,1H3. The highest BCUT2D eigenvalue weighted by Gasteiger charge is 2.19. The molecule has 3 heteroatoms. The van der Waals surface area contributed by atoms with Gasteiger partial charge in [0.2, 0.25) is 0 Å². The van der Waals surface area contributed by atoms with Crippen molar-refractivity contribution in [2.75, 3.05) is 0 Å². The molecule has 1 aliphatic carbocycles. The third-order valence-corrected chi connectivity index (χ3v) is 4.73. The van der Waals surface area contributed by atoms with E-state index in [0.717, 1.165) is 4.90 Å². The minimum atomic E-state index is -0.234. The van der Waals surface area contributed by atoms with Gasteiger partial charge in [-0.15, -0.1) is 11.8 Å². The zero-order chi connectivity index (χ0) is 12.3. The van der Waals surface area contributed by atoms with Crippen LogP contribution < -0.4 is 5.73 Å². The lowest BCUT2D eigenvalue weighted by Gasteiger charge is -2.23. The van der Waals surface area contributed by atoms with Crippen molar-refractivity contribution in [3.63, 3.8) is 0 Å². The highest BCUT2D eigenvalue weighted by atomic mass is 32.2. The Labute approximate surface area is 107 Å². The van der Waals surface area contributed by atoms with Gasteiger partial charge >= 0.3 is 0 Å². The predicted molar refractivity (Wildman–Crippen MR) is 71.7 cm³/mol. The maximum Gasteiger partial charge on any atom is 0.129 e. The zero-order valence-electron chi connectivity index (χ0n) is 10.3. The van der Waals surface area contributed by atoms with Gasteiger partial charge in [0.25, 0.3) is 0 Å². The van der Waals surface area contributed by atoms with Gasteiger partial charge in [-0.25, -0.2) is 4.39 Å². The molecule has 1 aromatic rings. The van der Waals surface area contributed by atoms with E-state index in [9.17, 15) is 4.39 Å². The van der Waals surface area contributed by atoms with Crippen molar-refractivity contribution >= 4 is 11.8 Å². The van der Waals surface area contributed by atoms with Crippen molar-refractivity contribution < 1.29 is 4.39 Å². The van der Waals surface area contributed by atoms with Gasteiger partial charge < -0.3 is 5.73 Å². The van der Waals surface area contributed by atoms with E-state index in [0.29, 0.717) is 10.8 Å². The quantitative estimate of drug-likeness (QED) is 0.870. The highest BCUT2D eigenvalue weighted by Crippen LogP contribution is 2.37. The fraction of sp³-hybridized carbons (Fsp3) is 0.571. The maximum atomic E-state index is 13.8. The van der Waals surface area contributed by atoms with Gasteiger partial charge in [-0.2, -0.15) is 0 Å². The first-order valence-corrected chi connectivity index (χ1v) is 7.27. The van der Waals surface area contributed by atoms with Crippen LogP contribution in [0.2, 0.25) is 0 Å². The molecule has 1 atom stereocenters. The summed E-state index contributed by atoms with van der Waals surface area (Å²) in [5, 5.41) is 0.642. The van der Waals surface area contributed by atoms with E-state index < -0.39 is 0 Å². The SMILES string of the molecule is CC(N)c1c(F)cccc1SC1CCCCC1. The minimum Gasteiger partial charge on any atom is -0.324 e. The first-order chi connectivity index (χ1) is 8.18. The Morgan fingerprint density at radius 2 is 2.00 bits per heavy atom. The van der Waals surface area contributed by atoms with Gasteiger partial charge in [0, 0.05) is 21.8 Å². The molecule has 2 N–H and O–H groups in total. The number of hydrogen-bond acceptors (Lipinski definition) is 2. The van der Waals surface area contributed by atoms with Crippen molar-refractivity contribution in [3.8, 4) is 0 Å². The van der Waals surface area contributed by atoms with Gasteiger partial charge in [-0.1, -0.05) is 25.3 Å². The second kappa shape index (κ2) is 5.87. The number of rotatable bonds is 3. The third-order valence-electron chi connectivity index (χ3n) is 3.31. The van der Waals surface area contributed by atoms with Crippen molar-refractivity contribution in [2.24, 2.45) is 5.73 Å². The molecule has 0 saturated heterocycles. The summed E-state index contributed by atoms with van der Waals surface area (Å²) in [7, 11) is 0. The highest BCUT2D eigenvalue weighted by molar-refractivity contribution is 8.00. The first-order valence-electron chi connectivity index (χ1n) is 6.39. The van der Waals surface area contributed by atoms with Crippen LogP contribution in [0.4, 0.5) is 4.39 Å². The van der Waals surface area contributed by atoms with Crippen molar-refractivity contribution in [2.45, 2.75) is 55.2 Å². The zero-order valence-corrected chi connectivity index (χ0v) is 11.1. The molecule has 1 nitrogen and oxygen atoms in total. The van der Waals surface area contributed by atoms with Gasteiger partial charge in [0.05, 0.1) is 0 Å². The van der Waals surface area contributed by atoms with E-state index in [4.69, 9.17) is 5.73 Å². The number of halogens is 1. The van der Waals surface area contributed by atoms with E-state index in [1.165, 1.54) is 38.2 Å². The average molecular weight is 253 g/mol. The largest absolute Gasteiger partial charge is 0.324 e. The van der Waals surface area contributed by atoms with E-state index in [1.807, 2.05) is 24.8 Å². The van der Waals surface area contributed by atoms with Crippen LogP contribution >= 0.6 is 11.8 Å². The Kier molecular flexibility index (Phi) is 4.46. The number of hydrogen-bond donors (Lipinski definition) is 1. The van der Waals surface area contributed by atoms with Crippen LogP contribution in [0.15, 0.2) is 23.1 Å². The summed E-state index contributed by atoms with van der Waals surface area (Å²) in [5.74, 6) is -0.166. The smallest absolute Gasteiger partial charge is 0.129 e. The molecule has 0 radical (unpaired) electrons. The molecule has 1 aliphatic rings. The fourth-order valence-corrected chi connectivity index (χ4v) is 3.92. The normalized spacial score (nSPS) is 19.2. The van der Waals surface area contributed by atoms with Gasteiger partial charge in [-0.3, -0.25) is 0 Å². The molecule has 1 unspecified atom stereocenters. The first kappa shape index (κ1) is 12.9. The Bertz CT molecular complexity index is 372. The molecule has 0 bridgehead atoms. The van der Waals surface area contributed by atoms with Crippen LogP contribution in [0.25, 0.3) is 0 Å². The Morgan fingerprint density at radius 3 is 2.65 bits per heavy atom. The van der Waals surface area contributed by atoms with Crippen LogP contribution in [-0.4, -0.2) is 5.25 Å². The van der Waals surface area contributed by atoms with Crippen LogP contribution in [0.1, 0.15) is 50.6 Å². The topological polar surface area (TPSA) is 26.0 Å². The molecule has 0 heterocycles. The third kappa shape index (κ3) is 3.23. The summed E-state index contributed by atoms with van der Waals surface area (Å²) in [6.07, 6.45) is 6.46. The average Bonchev–Trinajstić information content (AvgIpc) is 2.30. The van der Waals surface area contributed by atoms with E-state index in [2.05, 4.69) is 0 Å². The second-order valence-corrected chi connectivity index (χ2v) is 6.16. The van der Waals surface area contributed by atoms with E-state index >= 15 is 0 Å². The molecular weight excluding hydrogens is 233 g/mol. The lowest BCUT2D eigenvalue weighted by molar-refractivity contribution is 0.515. The second-order valence-electron chi connectivity index (χ2n) is 4.82. The molecule has 2 rings (SSSR count). The van der Waals surface area contributed by atoms with Crippen molar-refractivity contribution in [1.82, 2.24) is 0 Å². The number of benzene rings is 1. The Morgan fingerprint density at radius 1 is 1.29 bits per heavy atom. The number of nitrogens with two attached hydrogens (primary N) is 1. The molecule has 0 spiro atoms. The Balaban J connectivity index is 2.16. The van der Waals surface area contributed by atoms with Crippen LogP contribution in [0, 0.1) is 5.82 Å². The van der Waals surface area contributed by atoms with E-state index in [1.54, 1.807) is 6.07 Å². The molecule has 1 aromatic carbocycles. The van der Waals surface area contributed by atoms with Crippen molar-refractivity contribution in [1.29, 1.82) is 0 Å². The summed E-state index contributed by atoms with van der Waals surface area (Å²) in [6.45, 7) is 1.85. The van der Waals surface area contributed by atoms with Gasteiger partial charge in [0.15, 0.2) is 0 Å². The van der Waals surface area contributed by atoms with Gasteiger partial charge in [-0.05, 0) is 31.9 Å². The molecule has 94 valence electrons. The monoisotopic (exact) mass is 253 g/mol. The Hall–Kier alpha value is -0.540. The van der Waals surface area contributed by atoms with Crippen LogP contribution in [0.5, 0.6) is 0 Å². The molecule has 17 heavy (non-hydrogen) atoms. The van der Waals surface area contributed by atoms with E-state index in [-0.39, 0.29) is 11.9 Å². The summed E-state index contributed by atoms with van der Waals surface area (Å²) in [6, 6.07) is 5.05. The molecule has 0 aromatic heterocycles. The molecule has 1 fully saturated rings. The van der Waals surface area contributed by atoms with Crippen molar-refractivity contribution in [3.05, 3.63) is 29.6 Å².